The summed E-state index contributed by atoms with van der Waals surface area (Å²) in [7, 11) is 0. The van der Waals surface area contributed by atoms with Gasteiger partial charge < -0.3 is 0 Å². The minimum atomic E-state index is -0.285. The van der Waals surface area contributed by atoms with Gasteiger partial charge in [-0.1, -0.05) is 0 Å². The molecule has 0 amide bonds. The van der Waals surface area contributed by atoms with Crippen LogP contribution in [-0.4, -0.2) is 12.1 Å². The first kappa shape index (κ1) is 5.90. The summed E-state index contributed by atoms with van der Waals surface area (Å²) in [4.78, 5) is 19.3. The lowest BCUT2D eigenvalue weighted by Gasteiger charge is -1.61. The molecule has 0 rings (SSSR count). The number of hydrogen-bond acceptors (Lipinski definition) is 2. The minimum Gasteiger partial charge on any atom is -0.289 e. The Morgan fingerprint density at radius 2 is 2.29 bits per heavy atom. The fourth-order valence-electron chi connectivity index (χ4n) is 0.131. The van der Waals surface area contributed by atoms with Crippen molar-refractivity contribution in [1.29, 1.82) is 0 Å². The van der Waals surface area contributed by atoms with Crippen molar-refractivity contribution in [3.63, 3.8) is 0 Å². The summed E-state index contributed by atoms with van der Waals surface area (Å²) >= 11 is 0. The zero-order valence-corrected chi connectivity index (χ0v) is 3.89. The third-order valence-electron chi connectivity index (χ3n) is 0.307. The molecule has 0 aliphatic rings. The van der Waals surface area contributed by atoms with Crippen molar-refractivity contribution < 1.29 is 9.59 Å². The van der Waals surface area contributed by atoms with Crippen LogP contribution >= 0.6 is 0 Å². The molecular weight excluding hydrogens is 92.1 g/mol. The molecule has 0 N–H and O–H groups in total. The van der Waals surface area contributed by atoms with Crippen LogP contribution in [-0.2, 0) is 9.59 Å². The van der Waals surface area contributed by atoms with Crippen molar-refractivity contribution in [3.05, 3.63) is 0 Å². The van der Waals surface area contributed by atoms with E-state index in [-0.39, 0.29) is 5.78 Å². The minimum absolute atomic E-state index is 0.285. The van der Waals surface area contributed by atoms with Gasteiger partial charge >= 0.3 is 0 Å². The molecule has 0 aromatic heterocycles. The molecule has 0 atom stereocenters. The highest BCUT2D eigenvalue weighted by atomic mass is 16.1. The normalized spacial score (nSPS) is 5.86. The van der Waals surface area contributed by atoms with E-state index in [0.717, 1.165) is 0 Å². The molecule has 0 aromatic carbocycles. The zero-order valence-electron chi connectivity index (χ0n) is 3.89. The van der Waals surface area contributed by atoms with E-state index >= 15 is 0 Å². The second-order valence-corrected chi connectivity index (χ2v) is 0.943. The Morgan fingerprint density at radius 3 is 2.43 bits per heavy atom. The Labute approximate surface area is 41.5 Å². The molecule has 2 heteroatoms. The van der Waals surface area contributed by atoms with Gasteiger partial charge in [-0.15, -0.1) is 0 Å². The average molecular weight is 96.1 g/mol. The summed E-state index contributed by atoms with van der Waals surface area (Å²) < 4.78 is 0. The fraction of sp³-hybridized carbons (Fsp3) is 0.200. The number of carbonyl (C=O) groups excluding carboxylic acids is 2. The molecule has 0 unspecified atom stereocenters. The molecule has 0 radical (unpaired) electrons. The molecule has 0 saturated carbocycles. The standard InChI is InChI=1S/C5H4O2/c1-5(7)3-2-4-6/h4H,1H3. The summed E-state index contributed by atoms with van der Waals surface area (Å²) in [6, 6.07) is 0. The first-order valence-corrected chi connectivity index (χ1v) is 1.73. The van der Waals surface area contributed by atoms with Crippen molar-refractivity contribution in [2.75, 3.05) is 0 Å². The lowest BCUT2D eigenvalue weighted by molar-refractivity contribution is -0.112. The molecule has 0 aromatic rings. The van der Waals surface area contributed by atoms with Gasteiger partial charge in [0.1, 0.15) is 0 Å². The Balaban J connectivity index is 3.66. The van der Waals surface area contributed by atoms with E-state index in [2.05, 4.69) is 0 Å². The van der Waals surface area contributed by atoms with E-state index in [9.17, 15) is 9.59 Å². The topological polar surface area (TPSA) is 34.1 Å². The van der Waals surface area contributed by atoms with E-state index in [1.807, 2.05) is 11.8 Å². The van der Waals surface area contributed by atoms with Crippen molar-refractivity contribution >= 4 is 12.1 Å². The number of ketones is 1. The molecule has 0 bridgehead atoms. The molecule has 0 aliphatic heterocycles. The van der Waals surface area contributed by atoms with Gasteiger partial charge in [-0.2, -0.15) is 0 Å². The van der Waals surface area contributed by atoms with E-state index < -0.39 is 0 Å². The molecule has 0 aliphatic carbocycles. The van der Waals surface area contributed by atoms with Crippen LogP contribution in [0.25, 0.3) is 0 Å². The number of Topliss-reactive ketones (excluding diaryl/α,β-unsaturated/α-hetero) is 1. The molecule has 36 valence electrons. The highest BCUT2D eigenvalue weighted by Crippen LogP contribution is 1.56. The van der Waals surface area contributed by atoms with Gasteiger partial charge in [0.15, 0.2) is 6.29 Å². The van der Waals surface area contributed by atoms with E-state index in [1.54, 1.807) is 0 Å². The van der Waals surface area contributed by atoms with Gasteiger partial charge in [-0.25, -0.2) is 0 Å². The second kappa shape index (κ2) is 3.10. The number of hydrogen-bond donors (Lipinski definition) is 0. The summed E-state index contributed by atoms with van der Waals surface area (Å²) in [6.07, 6.45) is 0.390. The Morgan fingerprint density at radius 1 is 1.71 bits per heavy atom. The third kappa shape index (κ3) is 4.90. The van der Waals surface area contributed by atoms with Crippen LogP contribution in [0.2, 0.25) is 0 Å². The first-order valence-electron chi connectivity index (χ1n) is 1.73. The highest BCUT2D eigenvalue weighted by molar-refractivity contribution is 5.96. The summed E-state index contributed by atoms with van der Waals surface area (Å²) in [5.74, 6) is 3.72. The maximum absolute atomic E-state index is 9.87. The third-order valence-corrected chi connectivity index (χ3v) is 0.307. The van der Waals surface area contributed by atoms with Gasteiger partial charge in [-0.3, -0.25) is 9.59 Å². The van der Waals surface area contributed by atoms with Crippen LogP contribution < -0.4 is 0 Å². The SMILES string of the molecule is CC(=O)C#CC=O. The summed E-state index contributed by atoms with van der Waals surface area (Å²) in [5.41, 5.74) is 0. The first-order chi connectivity index (χ1) is 3.27. The molecule has 0 fully saturated rings. The van der Waals surface area contributed by atoms with Gasteiger partial charge in [-0.05, 0) is 11.8 Å². The molecule has 7 heavy (non-hydrogen) atoms. The second-order valence-electron chi connectivity index (χ2n) is 0.943. The number of carbonyl (C=O) groups is 2. The molecule has 2 nitrogen and oxygen atoms in total. The monoisotopic (exact) mass is 96.0 g/mol. The predicted molar refractivity (Wildman–Crippen MR) is 24.5 cm³/mol. The van der Waals surface area contributed by atoms with Crippen molar-refractivity contribution in [3.8, 4) is 11.8 Å². The smallest absolute Gasteiger partial charge is 0.202 e. The summed E-state index contributed by atoms with van der Waals surface area (Å²) in [6.45, 7) is 1.30. The van der Waals surface area contributed by atoms with E-state index in [1.165, 1.54) is 6.92 Å². The molecule has 0 heterocycles. The lowest BCUT2D eigenvalue weighted by Crippen LogP contribution is -1.79. The number of aldehydes is 1. The van der Waals surface area contributed by atoms with Crippen molar-refractivity contribution in [1.82, 2.24) is 0 Å². The summed E-state index contributed by atoms with van der Waals surface area (Å²) in [5, 5.41) is 0. The van der Waals surface area contributed by atoms with Gasteiger partial charge in [0.2, 0.25) is 5.78 Å². The van der Waals surface area contributed by atoms with Crippen LogP contribution in [0.15, 0.2) is 0 Å². The van der Waals surface area contributed by atoms with Gasteiger partial charge in [0.25, 0.3) is 0 Å². The Hall–Kier alpha value is -1.10. The maximum atomic E-state index is 9.87. The van der Waals surface area contributed by atoms with Crippen LogP contribution in [0, 0.1) is 11.8 Å². The molecular formula is C5H4O2. The maximum Gasteiger partial charge on any atom is 0.202 e. The van der Waals surface area contributed by atoms with Gasteiger partial charge in [0.05, 0.1) is 0 Å². The van der Waals surface area contributed by atoms with E-state index in [0.29, 0.717) is 6.29 Å². The molecule has 0 saturated heterocycles. The van der Waals surface area contributed by atoms with Crippen molar-refractivity contribution in [2.45, 2.75) is 6.92 Å². The van der Waals surface area contributed by atoms with Crippen molar-refractivity contribution in [2.24, 2.45) is 0 Å². The van der Waals surface area contributed by atoms with E-state index in [4.69, 9.17) is 0 Å². The van der Waals surface area contributed by atoms with Crippen LogP contribution in [0.5, 0.6) is 0 Å². The Kier molecular flexibility index (Phi) is 2.62. The predicted octanol–water partition coefficient (Wildman–Crippen LogP) is -0.222. The Bertz CT molecular complexity index is 136. The molecule has 0 spiro atoms. The van der Waals surface area contributed by atoms with Crippen LogP contribution in [0.1, 0.15) is 6.92 Å². The highest BCUT2D eigenvalue weighted by Gasteiger charge is 1.74. The largest absolute Gasteiger partial charge is 0.289 e. The van der Waals surface area contributed by atoms with Crippen LogP contribution in [0.3, 0.4) is 0 Å². The fourth-order valence-corrected chi connectivity index (χ4v) is 0.131. The van der Waals surface area contributed by atoms with Gasteiger partial charge in [0, 0.05) is 6.92 Å². The average Bonchev–Trinajstić information content (AvgIpc) is 1.61. The zero-order chi connectivity index (χ0) is 5.70. The lowest BCUT2D eigenvalue weighted by atomic mass is 10.4. The quantitative estimate of drug-likeness (QED) is 0.237. The van der Waals surface area contributed by atoms with Crippen LogP contribution in [0.4, 0.5) is 0 Å². The number of rotatable bonds is 0.